The van der Waals surface area contributed by atoms with E-state index in [4.69, 9.17) is 4.74 Å². The van der Waals surface area contributed by atoms with Crippen molar-refractivity contribution in [2.75, 3.05) is 13.7 Å². The Hall–Kier alpha value is -2.17. The second-order valence-electron chi connectivity index (χ2n) is 4.83. The first-order valence-electron chi connectivity index (χ1n) is 6.15. The second kappa shape index (κ2) is 4.19. The number of benzene rings is 1. The van der Waals surface area contributed by atoms with Crippen molar-refractivity contribution >= 4 is 17.6 Å². The van der Waals surface area contributed by atoms with Crippen LogP contribution < -0.4 is 4.74 Å². The Kier molecular flexibility index (Phi) is 2.62. The minimum Gasteiger partial charge on any atom is -0.496 e. The smallest absolute Gasteiger partial charge is 0.233 e. The highest BCUT2D eigenvalue weighted by atomic mass is 16.5. The zero-order chi connectivity index (χ0) is 13.6. The number of amides is 2. The van der Waals surface area contributed by atoms with E-state index >= 15 is 0 Å². The molecule has 2 aliphatic rings. The molecule has 1 aliphatic carbocycles. The van der Waals surface area contributed by atoms with Crippen molar-refractivity contribution in [1.29, 1.82) is 0 Å². The van der Waals surface area contributed by atoms with Gasteiger partial charge in [-0.2, -0.15) is 0 Å². The third kappa shape index (κ3) is 1.82. The van der Waals surface area contributed by atoms with E-state index in [2.05, 4.69) is 0 Å². The lowest BCUT2D eigenvalue weighted by Gasteiger charge is -2.16. The Morgan fingerprint density at radius 2 is 1.89 bits per heavy atom. The van der Waals surface area contributed by atoms with Gasteiger partial charge in [0.15, 0.2) is 5.78 Å². The van der Waals surface area contributed by atoms with Gasteiger partial charge in [0.2, 0.25) is 11.8 Å². The molecule has 0 spiro atoms. The molecule has 3 rings (SSSR count). The molecule has 5 heteroatoms. The first-order valence-corrected chi connectivity index (χ1v) is 6.15. The monoisotopic (exact) mass is 259 g/mol. The van der Waals surface area contributed by atoms with Crippen molar-refractivity contribution in [2.45, 2.75) is 6.42 Å². The van der Waals surface area contributed by atoms with Gasteiger partial charge >= 0.3 is 0 Å². The first kappa shape index (κ1) is 11.9. The zero-order valence-electron chi connectivity index (χ0n) is 10.5. The molecule has 1 aromatic rings. The molecule has 1 saturated heterocycles. The van der Waals surface area contributed by atoms with Gasteiger partial charge in [0.05, 0.1) is 31.1 Å². The molecule has 5 nitrogen and oxygen atoms in total. The van der Waals surface area contributed by atoms with Crippen LogP contribution in [0.4, 0.5) is 0 Å². The van der Waals surface area contributed by atoms with Crippen LogP contribution in [-0.4, -0.2) is 36.2 Å². The number of nitrogens with zero attached hydrogens (tertiary/aromatic N) is 1. The molecule has 0 radical (unpaired) electrons. The number of ether oxygens (including phenoxy) is 1. The summed E-state index contributed by atoms with van der Waals surface area (Å²) in [7, 11) is 1.48. The summed E-state index contributed by atoms with van der Waals surface area (Å²) < 4.78 is 5.11. The van der Waals surface area contributed by atoms with Gasteiger partial charge in [0.25, 0.3) is 0 Å². The van der Waals surface area contributed by atoms with Crippen molar-refractivity contribution in [2.24, 2.45) is 11.8 Å². The van der Waals surface area contributed by atoms with E-state index in [9.17, 15) is 14.4 Å². The standard InChI is InChI=1S/C14H13NO4/c1-19-12-5-3-2-4-8(12)11(16)7-15-13(17)9-6-10(9)14(15)18/h2-5,9-10H,6-7H2,1H3. The Bertz CT molecular complexity index is 561. The predicted octanol–water partition coefficient (Wildman–Crippen LogP) is 0.883. The van der Waals surface area contributed by atoms with Crippen LogP contribution in [0.15, 0.2) is 24.3 Å². The number of piperidine rings is 1. The van der Waals surface area contributed by atoms with E-state index in [0.717, 1.165) is 4.90 Å². The molecule has 98 valence electrons. The lowest BCUT2D eigenvalue weighted by Crippen LogP contribution is -2.37. The third-order valence-electron chi connectivity index (χ3n) is 3.67. The van der Waals surface area contributed by atoms with Crippen LogP contribution in [0.25, 0.3) is 0 Å². The van der Waals surface area contributed by atoms with E-state index in [1.165, 1.54) is 7.11 Å². The normalized spacial score (nSPS) is 24.4. The van der Waals surface area contributed by atoms with Gasteiger partial charge in [-0.1, -0.05) is 12.1 Å². The summed E-state index contributed by atoms with van der Waals surface area (Å²) in [6.07, 6.45) is 0.650. The van der Waals surface area contributed by atoms with E-state index in [0.29, 0.717) is 17.7 Å². The molecule has 1 aliphatic heterocycles. The molecule has 1 saturated carbocycles. The highest BCUT2D eigenvalue weighted by molar-refractivity contribution is 6.12. The molecule has 0 bridgehead atoms. The molecule has 19 heavy (non-hydrogen) atoms. The van der Waals surface area contributed by atoms with E-state index in [1.807, 2.05) is 0 Å². The number of imide groups is 1. The number of likely N-dealkylation sites (tertiary alicyclic amines) is 1. The van der Waals surface area contributed by atoms with Gasteiger partial charge in [-0.25, -0.2) is 0 Å². The highest BCUT2D eigenvalue weighted by Crippen LogP contribution is 2.46. The van der Waals surface area contributed by atoms with Crippen molar-refractivity contribution in [3.8, 4) is 5.75 Å². The summed E-state index contributed by atoms with van der Waals surface area (Å²) in [5.74, 6) is -0.579. The summed E-state index contributed by atoms with van der Waals surface area (Å²) in [6.45, 7) is -0.189. The average molecular weight is 259 g/mol. The molecule has 0 aromatic heterocycles. The number of hydrogen-bond donors (Lipinski definition) is 0. The maximum Gasteiger partial charge on any atom is 0.233 e. The van der Waals surface area contributed by atoms with Crippen LogP contribution in [0.2, 0.25) is 0 Å². The molecular formula is C14H13NO4. The van der Waals surface area contributed by atoms with Crippen molar-refractivity contribution in [3.05, 3.63) is 29.8 Å². The molecule has 0 N–H and O–H groups in total. The van der Waals surface area contributed by atoms with Gasteiger partial charge in [0, 0.05) is 0 Å². The summed E-state index contributed by atoms with van der Waals surface area (Å²) in [4.78, 5) is 36.8. The van der Waals surface area contributed by atoms with Crippen molar-refractivity contribution in [1.82, 2.24) is 4.90 Å². The molecule has 2 unspecified atom stereocenters. The number of fused-ring (bicyclic) bond motifs is 1. The Labute approximate surface area is 110 Å². The fourth-order valence-corrected chi connectivity index (χ4v) is 2.51. The highest BCUT2D eigenvalue weighted by Gasteiger charge is 2.59. The number of carbonyl (C=O) groups excluding carboxylic acids is 3. The predicted molar refractivity (Wildman–Crippen MR) is 65.6 cm³/mol. The Morgan fingerprint density at radius 3 is 2.53 bits per heavy atom. The van der Waals surface area contributed by atoms with Crippen LogP contribution in [-0.2, 0) is 9.59 Å². The minimum atomic E-state index is -0.277. The third-order valence-corrected chi connectivity index (χ3v) is 3.67. The molecule has 1 heterocycles. The second-order valence-corrected chi connectivity index (χ2v) is 4.83. The number of ketones is 1. The summed E-state index contributed by atoms with van der Waals surface area (Å²) in [6, 6.07) is 6.79. The number of Topliss-reactive ketones (excluding diaryl/α,β-unsaturated/α-hetero) is 1. The fraction of sp³-hybridized carbons (Fsp3) is 0.357. The van der Waals surface area contributed by atoms with Gasteiger partial charge in [-0.15, -0.1) is 0 Å². The van der Waals surface area contributed by atoms with E-state index in [1.54, 1.807) is 24.3 Å². The largest absolute Gasteiger partial charge is 0.496 e. The molecule has 1 aromatic carbocycles. The minimum absolute atomic E-state index is 0.169. The summed E-state index contributed by atoms with van der Waals surface area (Å²) >= 11 is 0. The van der Waals surface area contributed by atoms with Crippen LogP contribution in [0.1, 0.15) is 16.8 Å². The van der Waals surface area contributed by atoms with Crippen LogP contribution in [0, 0.1) is 11.8 Å². The van der Waals surface area contributed by atoms with Crippen LogP contribution in [0.3, 0.4) is 0 Å². The number of methoxy groups -OCH3 is 1. The topological polar surface area (TPSA) is 63.7 Å². The van der Waals surface area contributed by atoms with Gasteiger partial charge in [0.1, 0.15) is 5.75 Å². The average Bonchev–Trinajstić information content (AvgIpc) is 3.19. The fourth-order valence-electron chi connectivity index (χ4n) is 2.51. The lowest BCUT2D eigenvalue weighted by molar-refractivity contribution is -0.140. The van der Waals surface area contributed by atoms with E-state index < -0.39 is 0 Å². The maximum atomic E-state index is 12.2. The lowest BCUT2D eigenvalue weighted by atomic mass is 10.1. The van der Waals surface area contributed by atoms with Crippen molar-refractivity contribution in [3.63, 3.8) is 0 Å². The Balaban J connectivity index is 1.78. The van der Waals surface area contributed by atoms with E-state index in [-0.39, 0.29) is 36.0 Å². The Morgan fingerprint density at radius 1 is 1.26 bits per heavy atom. The first-order chi connectivity index (χ1) is 9.13. The number of hydrogen-bond acceptors (Lipinski definition) is 4. The summed E-state index contributed by atoms with van der Waals surface area (Å²) in [5.41, 5.74) is 0.395. The van der Waals surface area contributed by atoms with Crippen molar-refractivity contribution < 1.29 is 19.1 Å². The number of para-hydroxylation sites is 1. The van der Waals surface area contributed by atoms with Gasteiger partial charge in [-0.3, -0.25) is 19.3 Å². The molecule has 2 atom stereocenters. The molecule has 2 amide bonds. The van der Waals surface area contributed by atoms with Gasteiger partial charge in [-0.05, 0) is 18.6 Å². The van der Waals surface area contributed by atoms with Crippen LogP contribution >= 0.6 is 0 Å². The number of carbonyl (C=O) groups is 3. The SMILES string of the molecule is COc1ccccc1C(=O)CN1C(=O)C2CC2C1=O. The quantitative estimate of drug-likeness (QED) is 0.595. The molecular weight excluding hydrogens is 246 g/mol. The molecule has 2 fully saturated rings. The van der Waals surface area contributed by atoms with Gasteiger partial charge < -0.3 is 4.74 Å². The maximum absolute atomic E-state index is 12.2. The van der Waals surface area contributed by atoms with Crippen LogP contribution in [0.5, 0.6) is 5.75 Å². The zero-order valence-corrected chi connectivity index (χ0v) is 10.5. The summed E-state index contributed by atoms with van der Waals surface area (Å²) in [5, 5.41) is 0. The number of rotatable bonds is 4.